The molecule has 3 aromatic rings. The Morgan fingerprint density at radius 1 is 0.889 bits per heavy atom. The third-order valence-corrected chi connectivity index (χ3v) is 4.88. The third kappa shape index (κ3) is 6.92. The van der Waals surface area contributed by atoms with Gasteiger partial charge in [-0.05, 0) is 67.4 Å². The van der Waals surface area contributed by atoms with Crippen LogP contribution < -0.4 is 14.2 Å². The van der Waals surface area contributed by atoms with Crippen molar-refractivity contribution in [2.24, 2.45) is 0 Å². The van der Waals surface area contributed by atoms with Crippen molar-refractivity contribution in [1.82, 2.24) is 0 Å². The Morgan fingerprint density at radius 2 is 1.50 bits per heavy atom. The Bertz CT molecular complexity index is 1250. The van der Waals surface area contributed by atoms with E-state index in [0.29, 0.717) is 29.2 Å². The fraction of sp³-hybridized carbons (Fsp3) is 0.185. The van der Waals surface area contributed by atoms with Gasteiger partial charge >= 0.3 is 17.6 Å². The number of ether oxygens (including phenoxy) is 4. The number of esters is 2. The summed E-state index contributed by atoms with van der Waals surface area (Å²) in [5.41, 5.74) is 1.49. The summed E-state index contributed by atoms with van der Waals surface area (Å²) in [5, 5.41) is 11.7. The van der Waals surface area contributed by atoms with E-state index in [0.717, 1.165) is 5.56 Å². The van der Waals surface area contributed by atoms with Gasteiger partial charge in [-0.2, -0.15) is 0 Å². The molecule has 0 saturated carbocycles. The van der Waals surface area contributed by atoms with Crippen LogP contribution in [0.1, 0.15) is 24.2 Å². The number of benzene rings is 3. The number of nitrogens with zero attached hydrogens (tertiary/aromatic N) is 1. The summed E-state index contributed by atoms with van der Waals surface area (Å²) in [6.07, 6.45) is 0. The smallest absolute Gasteiger partial charge is 0.343 e. The average molecular weight is 491 g/mol. The maximum absolute atomic E-state index is 12.6. The maximum Gasteiger partial charge on any atom is 0.343 e. The second-order valence-corrected chi connectivity index (χ2v) is 7.58. The molecule has 3 aromatic carbocycles. The first-order chi connectivity index (χ1) is 17.3. The molecule has 0 radical (unpaired) electrons. The van der Waals surface area contributed by atoms with Gasteiger partial charge in [-0.25, -0.2) is 9.59 Å². The average Bonchev–Trinajstić information content (AvgIpc) is 2.87. The van der Waals surface area contributed by atoms with Gasteiger partial charge in [0.2, 0.25) is 5.75 Å². The van der Waals surface area contributed by atoms with Crippen LogP contribution in [0.4, 0.5) is 5.69 Å². The molecule has 0 fully saturated rings. The van der Waals surface area contributed by atoms with Crippen molar-refractivity contribution in [3.63, 3.8) is 0 Å². The van der Waals surface area contributed by atoms with Gasteiger partial charge in [0.05, 0.1) is 17.1 Å². The van der Waals surface area contributed by atoms with Crippen molar-refractivity contribution < 1.29 is 33.5 Å². The lowest BCUT2D eigenvalue weighted by Gasteiger charge is -2.09. The van der Waals surface area contributed by atoms with Crippen LogP contribution in [0.2, 0.25) is 0 Å². The molecule has 0 amide bonds. The highest BCUT2D eigenvalue weighted by atomic mass is 16.6. The maximum atomic E-state index is 12.6. The third-order valence-electron chi connectivity index (χ3n) is 4.88. The molecule has 0 bridgehead atoms. The zero-order chi connectivity index (χ0) is 26.1. The standard InChI is InChI=1S/C27H25NO8/c1-4-33-22-10-5-19(6-11-22)21-9-14-25(24(17-21)28(31)32)36-27(30)20-7-12-23(13-8-20)34-15-16-35-26(29)18(2)3/h5-14,17H,2,4,15-16H2,1,3H3. The van der Waals surface area contributed by atoms with Crippen molar-refractivity contribution >= 4 is 17.6 Å². The van der Waals surface area contributed by atoms with E-state index in [1.54, 1.807) is 49.4 Å². The summed E-state index contributed by atoms with van der Waals surface area (Å²) in [7, 11) is 0. The summed E-state index contributed by atoms with van der Waals surface area (Å²) < 4.78 is 21.1. The fourth-order valence-corrected chi connectivity index (χ4v) is 3.10. The molecule has 0 heterocycles. The molecule has 186 valence electrons. The summed E-state index contributed by atoms with van der Waals surface area (Å²) in [6.45, 7) is 7.62. The number of rotatable bonds is 11. The molecule has 9 nitrogen and oxygen atoms in total. The molecule has 0 aliphatic rings. The normalized spacial score (nSPS) is 10.3. The topological polar surface area (TPSA) is 114 Å². The lowest BCUT2D eigenvalue weighted by molar-refractivity contribution is -0.385. The molecule has 9 heteroatoms. The summed E-state index contributed by atoms with van der Waals surface area (Å²) in [6, 6.07) is 17.6. The zero-order valence-corrected chi connectivity index (χ0v) is 19.9. The highest BCUT2D eigenvalue weighted by Crippen LogP contribution is 2.33. The molecule has 0 atom stereocenters. The Labute approximate surface area is 208 Å². The van der Waals surface area contributed by atoms with Crippen molar-refractivity contribution in [2.45, 2.75) is 13.8 Å². The molecule has 0 aliphatic heterocycles. The Hall–Kier alpha value is -4.66. The highest BCUT2D eigenvalue weighted by Gasteiger charge is 2.20. The second-order valence-electron chi connectivity index (χ2n) is 7.58. The van der Waals surface area contributed by atoms with E-state index in [1.807, 2.05) is 6.92 Å². The molecule has 0 saturated heterocycles. The minimum Gasteiger partial charge on any atom is -0.494 e. The molecular weight excluding hydrogens is 466 g/mol. The molecule has 0 N–H and O–H groups in total. The van der Waals surface area contributed by atoms with Crippen LogP contribution in [0.15, 0.2) is 78.9 Å². The molecule has 0 aromatic heterocycles. The highest BCUT2D eigenvalue weighted by molar-refractivity contribution is 5.92. The van der Waals surface area contributed by atoms with Crippen LogP contribution in [0, 0.1) is 10.1 Å². The van der Waals surface area contributed by atoms with E-state index >= 15 is 0 Å². The number of carbonyl (C=O) groups is 2. The molecule has 0 unspecified atom stereocenters. The van der Waals surface area contributed by atoms with E-state index < -0.39 is 16.9 Å². The molecule has 0 spiro atoms. The number of hydrogen-bond donors (Lipinski definition) is 0. The van der Waals surface area contributed by atoms with Crippen molar-refractivity contribution in [3.05, 3.63) is 94.6 Å². The van der Waals surface area contributed by atoms with Crippen LogP contribution in [0.3, 0.4) is 0 Å². The monoisotopic (exact) mass is 491 g/mol. The van der Waals surface area contributed by atoms with Gasteiger partial charge in [0.1, 0.15) is 24.7 Å². The van der Waals surface area contributed by atoms with Gasteiger partial charge in [-0.3, -0.25) is 10.1 Å². The molecule has 0 aliphatic carbocycles. The predicted octanol–water partition coefficient (Wildman–Crippen LogP) is 5.38. The van der Waals surface area contributed by atoms with Crippen molar-refractivity contribution in [3.8, 4) is 28.4 Å². The van der Waals surface area contributed by atoms with Gasteiger partial charge in [0.25, 0.3) is 0 Å². The van der Waals surface area contributed by atoms with Crippen LogP contribution >= 0.6 is 0 Å². The Balaban J connectivity index is 1.65. The zero-order valence-electron chi connectivity index (χ0n) is 19.9. The van der Waals surface area contributed by atoms with Crippen LogP contribution in [-0.2, 0) is 9.53 Å². The van der Waals surface area contributed by atoms with Gasteiger partial charge in [-0.1, -0.05) is 24.8 Å². The van der Waals surface area contributed by atoms with Gasteiger partial charge in [-0.15, -0.1) is 0 Å². The largest absolute Gasteiger partial charge is 0.494 e. The van der Waals surface area contributed by atoms with Crippen molar-refractivity contribution in [2.75, 3.05) is 19.8 Å². The van der Waals surface area contributed by atoms with E-state index in [1.165, 1.54) is 24.3 Å². The van der Waals surface area contributed by atoms with Crippen LogP contribution in [-0.4, -0.2) is 36.7 Å². The van der Waals surface area contributed by atoms with E-state index in [9.17, 15) is 19.7 Å². The first kappa shape index (κ1) is 26.0. The quantitative estimate of drug-likeness (QED) is 0.0877. The van der Waals surface area contributed by atoms with Crippen molar-refractivity contribution in [1.29, 1.82) is 0 Å². The lowest BCUT2D eigenvalue weighted by Crippen LogP contribution is -2.12. The van der Waals surface area contributed by atoms with E-state index in [2.05, 4.69) is 6.58 Å². The number of nitro benzene ring substituents is 1. The molecular formula is C27H25NO8. The van der Waals surface area contributed by atoms with Gasteiger partial charge in [0, 0.05) is 11.6 Å². The number of hydrogen-bond acceptors (Lipinski definition) is 8. The summed E-state index contributed by atoms with van der Waals surface area (Å²) >= 11 is 0. The molecule has 36 heavy (non-hydrogen) atoms. The summed E-state index contributed by atoms with van der Waals surface area (Å²) in [5.74, 6) is -0.279. The minimum absolute atomic E-state index is 0.0474. The Morgan fingerprint density at radius 3 is 2.11 bits per heavy atom. The lowest BCUT2D eigenvalue weighted by atomic mass is 10.0. The van der Waals surface area contributed by atoms with E-state index in [-0.39, 0.29) is 30.2 Å². The molecule has 3 rings (SSSR count). The summed E-state index contributed by atoms with van der Waals surface area (Å²) in [4.78, 5) is 35.0. The van der Waals surface area contributed by atoms with Crippen LogP contribution in [0.25, 0.3) is 11.1 Å². The van der Waals surface area contributed by atoms with Gasteiger partial charge in [0.15, 0.2) is 0 Å². The van der Waals surface area contributed by atoms with Gasteiger partial charge < -0.3 is 18.9 Å². The predicted molar refractivity (Wildman–Crippen MR) is 132 cm³/mol. The minimum atomic E-state index is -0.756. The number of carbonyl (C=O) groups excluding carboxylic acids is 2. The van der Waals surface area contributed by atoms with E-state index in [4.69, 9.17) is 18.9 Å². The van der Waals surface area contributed by atoms with Crippen LogP contribution in [0.5, 0.6) is 17.2 Å². The second kappa shape index (κ2) is 12.2. The SMILES string of the molecule is C=C(C)C(=O)OCCOc1ccc(C(=O)Oc2ccc(-c3ccc(OCC)cc3)cc2[N+](=O)[O-])cc1. The Kier molecular flexibility index (Phi) is 8.77. The fourth-order valence-electron chi connectivity index (χ4n) is 3.10. The number of nitro groups is 1. The first-order valence-corrected chi connectivity index (χ1v) is 11.1. The first-order valence-electron chi connectivity index (χ1n) is 11.1.